The van der Waals surface area contributed by atoms with Crippen molar-refractivity contribution < 1.29 is 18.7 Å². The molecule has 1 aliphatic carbocycles. The Balaban J connectivity index is 1.56. The van der Waals surface area contributed by atoms with Gasteiger partial charge >= 0.3 is 6.03 Å². The predicted molar refractivity (Wildman–Crippen MR) is 83.9 cm³/mol. The molecule has 124 valence electrons. The number of amides is 2. The Labute approximate surface area is 134 Å². The van der Waals surface area contributed by atoms with Gasteiger partial charge in [-0.2, -0.15) is 0 Å². The highest BCUT2D eigenvalue weighted by Gasteiger charge is 2.29. The van der Waals surface area contributed by atoms with Crippen LogP contribution in [0.1, 0.15) is 48.7 Å². The topological polar surface area (TPSA) is 87.6 Å². The molecule has 0 saturated carbocycles. The Bertz CT molecular complexity index is 686. The zero-order chi connectivity index (χ0) is 16.4. The van der Waals surface area contributed by atoms with Gasteiger partial charge in [0.1, 0.15) is 22.9 Å². The first kappa shape index (κ1) is 15.7. The van der Waals surface area contributed by atoms with E-state index < -0.39 is 5.60 Å². The van der Waals surface area contributed by atoms with Crippen LogP contribution >= 0.6 is 0 Å². The first-order valence-electron chi connectivity index (χ1n) is 7.85. The van der Waals surface area contributed by atoms with Gasteiger partial charge in [0.25, 0.3) is 0 Å². The minimum atomic E-state index is -1.25. The van der Waals surface area contributed by atoms with Crippen LogP contribution in [0.4, 0.5) is 4.79 Å². The van der Waals surface area contributed by atoms with Crippen LogP contribution < -0.4 is 10.6 Å². The van der Waals surface area contributed by atoms with E-state index in [2.05, 4.69) is 10.6 Å². The second kappa shape index (κ2) is 6.12. The molecule has 0 radical (unpaired) electrons. The van der Waals surface area contributed by atoms with Crippen LogP contribution in [0.15, 0.2) is 33.3 Å². The first-order valence-corrected chi connectivity index (χ1v) is 7.85. The Morgan fingerprint density at radius 2 is 2.26 bits per heavy atom. The summed E-state index contributed by atoms with van der Waals surface area (Å²) in [4.78, 5) is 12.1. The van der Waals surface area contributed by atoms with Crippen LogP contribution in [0.2, 0.25) is 0 Å². The standard InChI is InChI=1S/C17H22N2O4/c1-11-6-7-15(23-11)17(2,21)10-18-16(20)19-13-4-3-5-14-12(13)8-9-22-14/h6-9,13,21H,3-5,10H2,1-2H3,(H2,18,19,20). The SMILES string of the molecule is Cc1ccc(C(C)(O)CNC(=O)NC2CCCc3occc32)o1. The number of carbonyl (C=O) groups is 1. The maximum atomic E-state index is 12.1. The van der Waals surface area contributed by atoms with E-state index in [1.807, 2.05) is 13.0 Å². The number of furan rings is 2. The van der Waals surface area contributed by atoms with Crippen LogP contribution in [0, 0.1) is 6.92 Å². The number of aliphatic hydroxyl groups is 1. The van der Waals surface area contributed by atoms with E-state index in [1.165, 1.54) is 0 Å². The quantitative estimate of drug-likeness (QED) is 0.809. The summed E-state index contributed by atoms with van der Waals surface area (Å²) in [5.41, 5.74) is -0.210. The van der Waals surface area contributed by atoms with E-state index in [0.717, 1.165) is 36.3 Å². The lowest BCUT2D eigenvalue weighted by atomic mass is 9.93. The third-order valence-corrected chi connectivity index (χ3v) is 4.22. The van der Waals surface area contributed by atoms with Crippen LogP contribution in [0.3, 0.4) is 0 Å². The summed E-state index contributed by atoms with van der Waals surface area (Å²) in [7, 11) is 0. The van der Waals surface area contributed by atoms with Crippen molar-refractivity contribution in [1.29, 1.82) is 0 Å². The lowest BCUT2D eigenvalue weighted by molar-refractivity contribution is 0.0358. The fourth-order valence-corrected chi connectivity index (χ4v) is 2.91. The van der Waals surface area contributed by atoms with E-state index in [4.69, 9.17) is 8.83 Å². The summed E-state index contributed by atoms with van der Waals surface area (Å²) in [6, 6.07) is 5.04. The highest BCUT2D eigenvalue weighted by Crippen LogP contribution is 2.30. The molecule has 2 amide bonds. The first-order chi connectivity index (χ1) is 11.0. The molecule has 2 atom stereocenters. The molecule has 1 aliphatic rings. The minimum absolute atomic E-state index is 0.0479. The number of rotatable bonds is 4. The lowest BCUT2D eigenvalue weighted by Gasteiger charge is -2.25. The van der Waals surface area contributed by atoms with Crippen molar-refractivity contribution in [2.24, 2.45) is 0 Å². The van der Waals surface area contributed by atoms with Crippen molar-refractivity contribution in [3.8, 4) is 0 Å². The Kier molecular flexibility index (Phi) is 4.17. The number of urea groups is 1. The number of aryl methyl sites for hydroxylation is 2. The monoisotopic (exact) mass is 318 g/mol. The van der Waals surface area contributed by atoms with Gasteiger partial charge in [-0.25, -0.2) is 4.79 Å². The van der Waals surface area contributed by atoms with Crippen LogP contribution in [0.5, 0.6) is 0 Å². The number of hydrogen-bond donors (Lipinski definition) is 3. The molecule has 6 heteroatoms. The van der Waals surface area contributed by atoms with Crippen molar-refractivity contribution in [3.63, 3.8) is 0 Å². The summed E-state index contributed by atoms with van der Waals surface area (Å²) >= 11 is 0. The fourth-order valence-electron chi connectivity index (χ4n) is 2.91. The molecular formula is C17H22N2O4. The molecule has 23 heavy (non-hydrogen) atoms. The lowest BCUT2D eigenvalue weighted by Crippen LogP contribution is -2.44. The summed E-state index contributed by atoms with van der Waals surface area (Å²) in [6.07, 6.45) is 4.43. The van der Waals surface area contributed by atoms with Gasteiger partial charge < -0.3 is 24.6 Å². The Hall–Kier alpha value is -2.21. The molecule has 0 fully saturated rings. The predicted octanol–water partition coefficient (Wildman–Crippen LogP) is 2.77. The molecule has 3 rings (SSSR count). The summed E-state index contributed by atoms with van der Waals surface area (Å²) in [6.45, 7) is 3.49. The van der Waals surface area contributed by atoms with Crippen LogP contribution in [-0.4, -0.2) is 17.7 Å². The van der Waals surface area contributed by atoms with E-state index in [1.54, 1.807) is 25.3 Å². The summed E-state index contributed by atoms with van der Waals surface area (Å²) < 4.78 is 10.9. The highest BCUT2D eigenvalue weighted by molar-refractivity contribution is 5.74. The fraction of sp³-hybridized carbons (Fsp3) is 0.471. The second-order valence-corrected chi connectivity index (χ2v) is 6.26. The zero-order valence-electron chi connectivity index (χ0n) is 13.4. The van der Waals surface area contributed by atoms with Crippen molar-refractivity contribution in [1.82, 2.24) is 10.6 Å². The molecule has 2 heterocycles. The third kappa shape index (κ3) is 3.42. The normalized spacial score (nSPS) is 19.7. The molecule has 0 saturated heterocycles. The van der Waals surface area contributed by atoms with Gasteiger partial charge in [0.05, 0.1) is 18.8 Å². The van der Waals surface area contributed by atoms with E-state index in [9.17, 15) is 9.90 Å². The summed E-state index contributed by atoms with van der Waals surface area (Å²) in [5.74, 6) is 2.10. The van der Waals surface area contributed by atoms with Crippen molar-refractivity contribution in [2.75, 3.05) is 6.54 Å². The smallest absolute Gasteiger partial charge is 0.315 e. The van der Waals surface area contributed by atoms with E-state index in [0.29, 0.717) is 5.76 Å². The molecule has 2 aromatic heterocycles. The number of carbonyl (C=O) groups excluding carboxylic acids is 1. The molecule has 2 aromatic rings. The molecule has 0 aliphatic heterocycles. The van der Waals surface area contributed by atoms with Gasteiger partial charge in [0.15, 0.2) is 0 Å². The largest absolute Gasteiger partial charge is 0.469 e. The van der Waals surface area contributed by atoms with Crippen molar-refractivity contribution >= 4 is 6.03 Å². The van der Waals surface area contributed by atoms with Gasteiger partial charge in [-0.15, -0.1) is 0 Å². The van der Waals surface area contributed by atoms with Crippen molar-refractivity contribution in [2.45, 2.75) is 44.8 Å². The van der Waals surface area contributed by atoms with Gasteiger partial charge in [0.2, 0.25) is 0 Å². The zero-order valence-corrected chi connectivity index (χ0v) is 13.4. The molecule has 0 spiro atoms. The average Bonchev–Trinajstić information content (AvgIpc) is 3.15. The molecule has 6 nitrogen and oxygen atoms in total. The van der Waals surface area contributed by atoms with Crippen molar-refractivity contribution in [3.05, 3.63) is 47.3 Å². The van der Waals surface area contributed by atoms with Gasteiger partial charge in [0, 0.05) is 12.0 Å². The number of fused-ring (bicyclic) bond motifs is 1. The number of nitrogens with one attached hydrogen (secondary N) is 2. The third-order valence-electron chi connectivity index (χ3n) is 4.22. The van der Waals surface area contributed by atoms with Crippen LogP contribution in [-0.2, 0) is 12.0 Å². The average molecular weight is 318 g/mol. The minimum Gasteiger partial charge on any atom is -0.469 e. The second-order valence-electron chi connectivity index (χ2n) is 6.26. The van der Waals surface area contributed by atoms with Gasteiger partial charge in [-0.3, -0.25) is 0 Å². The van der Waals surface area contributed by atoms with Crippen LogP contribution in [0.25, 0.3) is 0 Å². The molecule has 0 aromatic carbocycles. The Morgan fingerprint density at radius 3 is 3.00 bits per heavy atom. The summed E-state index contributed by atoms with van der Waals surface area (Å²) in [5, 5.41) is 16.1. The Morgan fingerprint density at radius 1 is 1.43 bits per heavy atom. The van der Waals surface area contributed by atoms with E-state index in [-0.39, 0.29) is 18.6 Å². The maximum absolute atomic E-state index is 12.1. The van der Waals surface area contributed by atoms with Gasteiger partial charge in [-0.1, -0.05) is 0 Å². The number of hydrogen-bond acceptors (Lipinski definition) is 4. The highest BCUT2D eigenvalue weighted by atomic mass is 16.4. The molecule has 2 unspecified atom stereocenters. The molecule has 3 N–H and O–H groups in total. The maximum Gasteiger partial charge on any atom is 0.315 e. The molecule has 0 bridgehead atoms. The van der Waals surface area contributed by atoms with Gasteiger partial charge in [-0.05, 0) is 44.9 Å². The molecular weight excluding hydrogens is 296 g/mol. The van der Waals surface area contributed by atoms with E-state index >= 15 is 0 Å².